The molecule has 2 aromatic carbocycles. The summed E-state index contributed by atoms with van der Waals surface area (Å²) in [7, 11) is 0. The molecule has 0 spiro atoms. The highest BCUT2D eigenvalue weighted by Crippen LogP contribution is 2.23. The van der Waals surface area contributed by atoms with E-state index in [0.717, 1.165) is 18.5 Å². The summed E-state index contributed by atoms with van der Waals surface area (Å²) in [5.41, 5.74) is 2.62. The Bertz CT molecular complexity index is 1850. The number of nitrogens with one attached hydrogen (secondary N) is 3. The van der Waals surface area contributed by atoms with Crippen LogP contribution in [-0.2, 0) is 35.2 Å². The number of benzene rings is 2. The SMILES string of the molecule is C=CC(=O)Nc1ccc(C(=O)C(C)(C)C)cc1.C=CC(=O)Nc1ccc(CCC(C)(C)C)cc1.CC#CC(=O)CCC(=O)C(C)(C)C.CC#CC(=O)NCC(=O)C(C)(C)C. The fraction of sp³-hybridized carbons (Fsp3) is 0.460. The molecule has 0 saturated carbocycles. The number of hydrogen-bond acceptors (Lipinski definition) is 7. The van der Waals surface area contributed by atoms with Gasteiger partial charge in [0, 0.05) is 46.0 Å². The summed E-state index contributed by atoms with van der Waals surface area (Å²) in [6, 6.07) is 14.8. The van der Waals surface area contributed by atoms with E-state index in [4.69, 9.17) is 0 Å². The van der Waals surface area contributed by atoms with Crippen LogP contribution in [0.3, 0.4) is 0 Å². The topological polar surface area (TPSA) is 156 Å². The number of ketones is 4. The zero-order valence-electron chi connectivity index (χ0n) is 38.6. The maximum absolute atomic E-state index is 12.0. The standard InChI is InChI=1S/C15H21NO.C14H17NO2.C11H16O2.C10H15NO2/c1-5-14(17)16-13-8-6-12(7-9-13)10-11-15(2,3)4;1-5-12(16)15-11-8-6-10(7-9-11)13(17)14(2,3)4;1-5-6-9(12)7-8-10(13)11(2,3)4;1-5-6-9(13)11-7-8(12)10(2,3)4/h5-9H,1,10-11H2,2-4H3,(H,16,17);5-9H,1H2,2-4H3,(H,15,16);7-8H2,1-4H3;7H2,1-4H3,(H,11,13). The maximum Gasteiger partial charge on any atom is 0.296 e. The van der Waals surface area contributed by atoms with Gasteiger partial charge in [0.15, 0.2) is 11.6 Å². The van der Waals surface area contributed by atoms with Crippen molar-refractivity contribution in [3.63, 3.8) is 0 Å². The van der Waals surface area contributed by atoms with E-state index in [1.807, 2.05) is 74.4 Å². The molecule has 0 heterocycles. The number of aryl methyl sites for hydroxylation is 1. The van der Waals surface area contributed by atoms with Gasteiger partial charge in [-0.15, -0.1) is 0 Å². The highest BCUT2D eigenvalue weighted by molar-refractivity contribution is 6.02. The molecule has 2 aromatic rings. The van der Waals surface area contributed by atoms with Crippen LogP contribution in [0.4, 0.5) is 11.4 Å². The van der Waals surface area contributed by atoms with Gasteiger partial charge in [0.1, 0.15) is 5.78 Å². The summed E-state index contributed by atoms with van der Waals surface area (Å²) in [5, 5.41) is 7.79. The number of carbonyl (C=O) groups is 7. The summed E-state index contributed by atoms with van der Waals surface area (Å²) in [4.78, 5) is 78.6. The van der Waals surface area contributed by atoms with Crippen molar-refractivity contribution < 1.29 is 33.6 Å². The van der Waals surface area contributed by atoms with E-state index in [9.17, 15) is 33.6 Å². The molecular formula is C50H69N3O7. The molecule has 0 bridgehead atoms. The third-order valence-electron chi connectivity index (χ3n) is 8.02. The highest BCUT2D eigenvalue weighted by Gasteiger charge is 2.23. The number of hydrogen-bond donors (Lipinski definition) is 3. The fourth-order valence-corrected chi connectivity index (χ4v) is 4.19. The fourth-order valence-electron chi connectivity index (χ4n) is 4.19. The molecule has 0 fully saturated rings. The Balaban J connectivity index is 0. The van der Waals surface area contributed by atoms with Gasteiger partial charge in [-0.1, -0.05) is 120 Å². The van der Waals surface area contributed by atoms with Crippen LogP contribution in [0, 0.1) is 45.3 Å². The lowest BCUT2D eigenvalue weighted by Gasteiger charge is -2.17. The monoisotopic (exact) mass is 824 g/mol. The summed E-state index contributed by atoms with van der Waals surface area (Å²) in [6.45, 7) is 33.4. The van der Waals surface area contributed by atoms with Gasteiger partial charge in [0.2, 0.25) is 17.6 Å². The van der Waals surface area contributed by atoms with E-state index in [-0.39, 0.29) is 53.3 Å². The van der Waals surface area contributed by atoms with Gasteiger partial charge in [0.25, 0.3) is 5.91 Å². The molecule has 0 radical (unpaired) electrons. The van der Waals surface area contributed by atoms with Crippen LogP contribution in [0.2, 0.25) is 0 Å². The molecule has 3 N–H and O–H groups in total. The van der Waals surface area contributed by atoms with E-state index < -0.39 is 16.7 Å². The van der Waals surface area contributed by atoms with Crippen LogP contribution in [0.1, 0.15) is 132 Å². The third kappa shape index (κ3) is 27.7. The van der Waals surface area contributed by atoms with E-state index in [1.54, 1.807) is 38.1 Å². The summed E-state index contributed by atoms with van der Waals surface area (Å²) >= 11 is 0. The molecule has 0 aliphatic rings. The second kappa shape index (κ2) is 27.0. The Labute approximate surface area is 360 Å². The van der Waals surface area contributed by atoms with Crippen molar-refractivity contribution in [2.75, 3.05) is 17.2 Å². The predicted molar refractivity (Wildman–Crippen MR) is 245 cm³/mol. The van der Waals surface area contributed by atoms with Crippen LogP contribution in [-0.4, -0.2) is 47.4 Å². The maximum atomic E-state index is 12.0. The molecule has 2 rings (SSSR count). The van der Waals surface area contributed by atoms with Gasteiger partial charge in [-0.3, -0.25) is 33.6 Å². The Morgan fingerprint density at radius 1 is 0.583 bits per heavy atom. The largest absolute Gasteiger partial charge is 0.338 e. The van der Waals surface area contributed by atoms with Crippen molar-refractivity contribution >= 4 is 52.2 Å². The number of Topliss-reactive ketones (excluding diaryl/α,β-unsaturated/α-hetero) is 4. The molecule has 0 aromatic heterocycles. The Kier molecular flexibility index (Phi) is 25.3. The highest BCUT2D eigenvalue weighted by atomic mass is 16.2. The first-order valence-corrected chi connectivity index (χ1v) is 19.8. The zero-order chi connectivity index (χ0) is 46.9. The quantitative estimate of drug-likeness (QED) is 0.0834. The van der Waals surface area contributed by atoms with Crippen molar-refractivity contribution in [3.05, 3.63) is 85.0 Å². The van der Waals surface area contributed by atoms with Crippen LogP contribution < -0.4 is 16.0 Å². The molecule has 0 unspecified atom stereocenters. The minimum absolute atomic E-state index is 0.00115. The smallest absolute Gasteiger partial charge is 0.296 e. The number of carbonyl (C=O) groups excluding carboxylic acids is 7. The molecule has 0 aliphatic heterocycles. The van der Waals surface area contributed by atoms with Gasteiger partial charge in [-0.25, -0.2) is 0 Å². The van der Waals surface area contributed by atoms with Gasteiger partial charge < -0.3 is 16.0 Å². The normalized spacial score (nSPS) is 10.5. The molecule has 3 amide bonds. The molecule has 326 valence electrons. The minimum Gasteiger partial charge on any atom is -0.338 e. The number of amides is 3. The Morgan fingerprint density at radius 3 is 1.38 bits per heavy atom. The van der Waals surface area contributed by atoms with E-state index in [1.165, 1.54) is 17.7 Å². The van der Waals surface area contributed by atoms with Crippen molar-refractivity contribution in [1.29, 1.82) is 0 Å². The average Bonchev–Trinajstić information content (AvgIpc) is 3.15. The predicted octanol–water partition coefficient (Wildman–Crippen LogP) is 9.55. The van der Waals surface area contributed by atoms with Gasteiger partial charge in [-0.2, -0.15) is 0 Å². The average molecular weight is 824 g/mol. The van der Waals surface area contributed by atoms with Crippen LogP contribution in [0.5, 0.6) is 0 Å². The molecule has 0 saturated heterocycles. The first-order valence-electron chi connectivity index (χ1n) is 19.8. The minimum atomic E-state index is -0.410. The van der Waals surface area contributed by atoms with Crippen molar-refractivity contribution in [2.24, 2.45) is 21.7 Å². The second-order valence-electron chi connectivity index (χ2n) is 18.0. The first-order chi connectivity index (χ1) is 27.5. The molecular weight excluding hydrogens is 755 g/mol. The van der Waals surface area contributed by atoms with E-state index in [2.05, 4.69) is 85.7 Å². The lowest BCUT2D eigenvalue weighted by atomic mass is 9.86. The zero-order valence-corrected chi connectivity index (χ0v) is 38.6. The van der Waals surface area contributed by atoms with Crippen molar-refractivity contribution in [2.45, 2.75) is 123 Å². The van der Waals surface area contributed by atoms with E-state index in [0.29, 0.717) is 23.1 Å². The number of rotatable bonds is 12. The van der Waals surface area contributed by atoms with Gasteiger partial charge >= 0.3 is 0 Å². The lowest BCUT2D eigenvalue weighted by molar-refractivity contribution is -0.128. The van der Waals surface area contributed by atoms with Crippen LogP contribution in [0.15, 0.2) is 73.8 Å². The summed E-state index contributed by atoms with van der Waals surface area (Å²) in [6.07, 6.45) is 5.25. The van der Waals surface area contributed by atoms with Crippen molar-refractivity contribution in [1.82, 2.24) is 5.32 Å². The molecule has 0 atom stereocenters. The van der Waals surface area contributed by atoms with Crippen LogP contribution in [0.25, 0.3) is 0 Å². The lowest BCUT2D eigenvalue weighted by Crippen LogP contribution is -2.34. The Morgan fingerprint density at radius 2 is 1.02 bits per heavy atom. The molecule has 0 aliphatic carbocycles. The second-order valence-corrected chi connectivity index (χ2v) is 18.0. The third-order valence-corrected chi connectivity index (χ3v) is 8.02. The molecule has 60 heavy (non-hydrogen) atoms. The van der Waals surface area contributed by atoms with Gasteiger partial charge in [-0.05, 0) is 98.1 Å². The summed E-state index contributed by atoms with van der Waals surface area (Å²) < 4.78 is 0. The first kappa shape index (κ1) is 56.2. The number of anilines is 2. The molecule has 10 heteroatoms. The van der Waals surface area contributed by atoms with Crippen molar-refractivity contribution in [3.8, 4) is 23.7 Å². The summed E-state index contributed by atoms with van der Waals surface area (Å²) in [5.74, 6) is 8.89. The Hall–Kier alpha value is -5.87. The van der Waals surface area contributed by atoms with E-state index >= 15 is 0 Å². The molecule has 10 nitrogen and oxygen atoms in total. The van der Waals surface area contributed by atoms with Crippen LogP contribution >= 0.6 is 0 Å². The van der Waals surface area contributed by atoms with Gasteiger partial charge in [0.05, 0.1) is 6.54 Å².